The molecule has 1 fully saturated rings. The van der Waals surface area contributed by atoms with Gasteiger partial charge in [0.15, 0.2) is 0 Å². The Balaban J connectivity index is 1.97. The fourth-order valence-electron chi connectivity index (χ4n) is 2.64. The molecule has 0 spiro atoms. The first-order valence-electron chi connectivity index (χ1n) is 6.96. The number of nitrogens with zero attached hydrogens (tertiary/aromatic N) is 2. The second-order valence-corrected chi connectivity index (χ2v) is 5.32. The Morgan fingerprint density at radius 2 is 1.94 bits per heavy atom. The average Bonchev–Trinajstić information content (AvgIpc) is 2.89. The molecule has 0 radical (unpaired) electrons. The Kier molecular flexibility index (Phi) is 4.61. The maximum absolute atomic E-state index is 6.03. The van der Waals surface area contributed by atoms with E-state index in [1.807, 2.05) is 6.92 Å². The van der Waals surface area contributed by atoms with Crippen molar-refractivity contribution >= 4 is 5.69 Å². The molecule has 0 unspecified atom stereocenters. The van der Waals surface area contributed by atoms with Crippen LogP contribution in [0.25, 0.3) is 0 Å². The molecule has 1 aliphatic rings. The van der Waals surface area contributed by atoms with E-state index in [4.69, 9.17) is 5.73 Å². The van der Waals surface area contributed by atoms with Gasteiger partial charge in [0.25, 0.3) is 0 Å². The van der Waals surface area contributed by atoms with E-state index in [0.29, 0.717) is 0 Å². The van der Waals surface area contributed by atoms with E-state index >= 15 is 0 Å². The van der Waals surface area contributed by atoms with Gasteiger partial charge in [0.05, 0.1) is 0 Å². The van der Waals surface area contributed by atoms with Crippen LogP contribution in [-0.4, -0.2) is 38.1 Å². The number of para-hydroxylation sites is 1. The summed E-state index contributed by atoms with van der Waals surface area (Å²) >= 11 is 0. The standard InChI is InChI=1S/C15H25N3/c1-13(16)14-7-3-4-8-15(14)17(2)11-12-18-9-5-6-10-18/h3-4,7-8,13H,5-6,9-12,16H2,1-2H3/t13-/m1/s1. The molecule has 0 saturated carbocycles. The van der Waals surface area contributed by atoms with Crippen LogP contribution in [0.15, 0.2) is 24.3 Å². The number of hydrogen-bond donors (Lipinski definition) is 1. The molecule has 2 N–H and O–H groups in total. The van der Waals surface area contributed by atoms with Crippen molar-refractivity contribution in [1.29, 1.82) is 0 Å². The SMILES string of the molecule is C[C@@H](N)c1ccccc1N(C)CCN1CCCC1. The average molecular weight is 247 g/mol. The van der Waals surface area contributed by atoms with Gasteiger partial charge in [-0.15, -0.1) is 0 Å². The van der Waals surface area contributed by atoms with Crippen molar-refractivity contribution in [3.8, 4) is 0 Å². The molecule has 1 heterocycles. The Morgan fingerprint density at radius 3 is 2.61 bits per heavy atom. The van der Waals surface area contributed by atoms with E-state index < -0.39 is 0 Å². The van der Waals surface area contributed by atoms with E-state index in [1.54, 1.807) is 0 Å². The van der Waals surface area contributed by atoms with Crippen LogP contribution in [0.3, 0.4) is 0 Å². The van der Waals surface area contributed by atoms with Crippen LogP contribution in [0, 0.1) is 0 Å². The van der Waals surface area contributed by atoms with Gasteiger partial charge in [0, 0.05) is 31.9 Å². The van der Waals surface area contributed by atoms with Crippen molar-refractivity contribution in [2.75, 3.05) is 38.1 Å². The summed E-state index contributed by atoms with van der Waals surface area (Å²) in [4.78, 5) is 4.88. The Labute approximate surface area is 111 Å². The molecule has 3 heteroatoms. The van der Waals surface area contributed by atoms with Crippen molar-refractivity contribution in [2.45, 2.75) is 25.8 Å². The first kappa shape index (κ1) is 13.4. The molecule has 18 heavy (non-hydrogen) atoms. The molecule has 1 saturated heterocycles. The van der Waals surface area contributed by atoms with E-state index in [0.717, 1.165) is 13.1 Å². The van der Waals surface area contributed by atoms with Gasteiger partial charge >= 0.3 is 0 Å². The van der Waals surface area contributed by atoms with E-state index in [-0.39, 0.29) is 6.04 Å². The Morgan fingerprint density at radius 1 is 1.28 bits per heavy atom. The molecule has 1 aromatic carbocycles. The Bertz CT molecular complexity index is 370. The third-order valence-electron chi connectivity index (χ3n) is 3.79. The number of anilines is 1. The highest BCUT2D eigenvalue weighted by molar-refractivity contribution is 5.54. The molecule has 100 valence electrons. The van der Waals surface area contributed by atoms with Crippen LogP contribution < -0.4 is 10.6 Å². The maximum atomic E-state index is 6.03. The lowest BCUT2D eigenvalue weighted by Gasteiger charge is -2.26. The predicted octanol–water partition coefficient (Wildman–Crippen LogP) is 2.24. The third-order valence-corrected chi connectivity index (χ3v) is 3.79. The normalized spacial score (nSPS) is 17.9. The topological polar surface area (TPSA) is 32.5 Å². The summed E-state index contributed by atoms with van der Waals surface area (Å²) in [5, 5.41) is 0. The van der Waals surface area contributed by atoms with Gasteiger partial charge in [-0.2, -0.15) is 0 Å². The highest BCUT2D eigenvalue weighted by atomic mass is 15.2. The van der Waals surface area contributed by atoms with Crippen LogP contribution in [0.5, 0.6) is 0 Å². The molecule has 0 amide bonds. The largest absolute Gasteiger partial charge is 0.373 e. The number of hydrogen-bond acceptors (Lipinski definition) is 3. The highest BCUT2D eigenvalue weighted by Crippen LogP contribution is 2.23. The highest BCUT2D eigenvalue weighted by Gasteiger charge is 2.14. The summed E-state index contributed by atoms with van der Waals surface area (Å²) in [6.07, 6.45) is 2.72. The summed E-state index contributed by atoms with van der Waals surface area (Å²) in [7, 11) is 2.16. The van der Waals surface area contributed by atoms with Crippen LogP contribution in [0.2, 0.25) is 0 Å². The molecule has 1 aliphatic heterocycles. The number of rotatable bonds is 5. The number of likely N-dealkylation sites (tertiary alicyclic amines) is 1. The smallest absolute Gasteiger partial charge is 0.0412 e. The molecule has 0 bridgehead atoms. The zero-order valence-electron chi connectivity index (χ0n) is 11.6. The van der Waals surface area contributed by atoms with E-state index in [1.165, 1.54) is 37.2 Å². The first-order chi connectivity index (χ1) is 8.68. The van der Waals surface area contributed by atoms with Gasteiger partial charge in [-0.3, -0.25) is 0 Å². The minimum Gasteiger partial charge on any atom is -0.373 e. The maximum Gasteiger partial charge on any atom is 0.0412 e. The van der Waals surface area contributed by atoms with Gasteiger partial charge in [-0.1, -0.05) is 18.2 Å². The minimum absolute atomic E-state index is 0.0930. The summed E-state index contributed by atoms with van der Waals surface area (Å²) in [6.45, 7) is 6.81. The lowest BCUT2D eigenvalue weighted by Crippen LogP contribution is -2.32. The van der Waals surface area contributed by atoms with Crippen molar-refractivity contribution in [2.24, 2.45) is 5.73 Å². The molecule has 1 aromatic rings. The Hall–Kier alpha value is -1.06. The van der Waals surface area contributed by atoms with Crippen LogP contribution in [0.4, 0.5) is 5.69 Å². The molecule has 2 rings (SSSR count). The molecule has 0 aromatic heterocycles. The summed E-state index contributed by atoms with van der Waals surface area (Å²) < 4.78 is 0. The number of nitrogens with two attached hydrogens (primary N) is 1. The molecule has 1 atom stereocenters. The lowest BCUT2D eigenvalue weighted by atomic mass is 10.1. The summed E-state index contributed by atoms with van der Waals surface area (Å²) in [6, 6.07) is 8.55. The number of likely N-dealkylation sites (N-methyl/N-ethyl adjacent to an activating group) is 1. The third kappa shape index (κ3) is 3.24. The van der Waals surface area contributed by atoms with Crippen molar-refractivity contribution in [3.63, 3.8) is 0 Å². The van der Waals surface area contributed by atoms with Gasteiger partial charge in [0.1, 0.15) is 0 Å². The zero-order valence-corrected chi connectivity index (χ0v) is 11.6. The minimum atomic E-state index is 0.0930. The first-order valence-corrected chi connectivity index (χ1v) is 6.96. The summed E-state index contributed by atoms with van der Waals surface area (Å²) in [5.74, 6) is 0. The zero-order chi connectivity index (χ0) is 13.0. The van der Waals surface area contributed by atoms with Crippen molar-refractivity contribution in [1.82, 2.24) is 4.90 Å². The van der Waals surface area contributed by atoms with Gasteiger partial charge in [-0.05, 0) is 44.5 Å². The van der Waals surface area contributed by atoms with Crippen LogP contribution in [0.1, 0.15) is 31.4 Å². The van der Waals surface area contributed by atoms with E-state index in [2.05, 4.69) is 41.1 Å². The molecular formula is C15H25N3. The van der Waals surface area contributed by atoms with Crippen molar-refractivity contribution in [3.05, 3.63) is 29.8 Å². The quantitative estimate of drug-likeness (QED) is 0.866. The molecule has 3 nitrogen and oxygen atoms in total. The second-order valence-electron chi connectivity index (χ2n) is 5.32. The number of benzene rings is 1. The van der Waals surface area contributed by atoms with Gasteiger partial charge in [0.2, 0.25) is 0 Å². The fraction of sp³-hybridized carbons (Fsp3) is 0.600. The van der Waals surface area contributed by atoms with Crippen molar-refractivity contribution < 1.29 is 0 Å². The lowest BCUT2D eigenvalue weighted by molar-refractivity contribution is 0.346. The molecule has 0 aliphatic carbocycles. The molecular weight excluding hydrogens is 222 g/mol. The van der Waals surface area contributed by atoms with Crippen LogP contribution >= 0.6 is 0 Å². The monoisotopic (exact) mass is 247 g/mol. The van der Waals surface area contributed by atoms with Crippen LogP contribution in [-0.2, 0) is 0 Å². The summed E-state index contributed by atoms with van der Waals surface area (Å²) in [5.41, 5.74) is 8.54. The van der Waals surface area contributed by atoms with E-state index in [9.17, 15) is 0 Å². The predicted molar refractivity (Wildman–Crippen MR) is 78.0 cm³/mol. The van der Waals surface area contributed by atoms with Gasteiger partial charge in [-0.25, -0.2) is 0 Å². The van der Waals surface area contributed by atoms with Gasteiger partial charge < -0.3 is 15.5 Å². The second kappa shape index (κ2) is 6.21. The fourth-order valence-corrected chi connectivity index (χ4v) is 2.64.